The van der Waals surface area contributed by atoms with Crippen LogP contribution >= 0.6 is 11.3 Å². The molecule has 0 bridgehead atoms. The van der Waals surface area contributed by atoms with E-state index in [0.29, 0.717) is 0 Å². The second-order valence-electron chi connectivity index (χ2n) is 4.95. The van der Waals surface area contributed by atoms with Gasteiger partial charge < -0.3 is 0 Å². The van der Waals surface area contributed by atoms with Gasteiger partial charge in [0.15, 0.2) is 0 Å². The average molecular weight is 340 g/mol. The summed E-state index contributed by atoms with van der Waals surface area (Å²) in [5, 5.41) is 14.8. The van der Waals surface area contributed by atoms with Gasteiger partial charge >= 0.3 is 0 Å². The van der Waals surface area contributed by atoms with Gasteiger partial charge in [0.1, 0.15) is 0 Å². The normalized spacial score (nSPS) is 13.0. The number of hydrogen-bond donors (Lipinski definition) is 1. The van der Waals surface area contributed by atoms with Crippen molar-refractivity contribution in [1.29, 1.82) is 0 Å². The molecule has 0 fully saturated rings. The van der Waals surface area contributed by atoms with Crippen molar-refractivity contribution in [3.8, 4) is 0 Å². The summed E-state index contributed by atoms with van der Waals surface area (Å²) in [5.74, 6) is -0.354. The largest absolute Gasteiger partial charge is 0.273 e. The quantitative estimate of drug-likeness (QED) is 0.620. The second kappa shape index (κ2) is 6.99. The van der Waals surface area contributed by atoms with Gasteiger partial charge in [0.25, 0.3) is 5.69 Å². The molecule has 0 radical (unpaired) electrons. The first kappa shape index (κ1) is 16.6. The van der Waals surface area contributed by atoms with E-state index in [1.54, 1.807) is 17.4 Å². The standard InChI is InChI=1S/C14H16N2O4S2/c1-11(12-6-7-21-9-12)8-15-22(19,20)10-13-4-2-3-5-14(13)16(17)18/h2-7,9,11,15H,8,10H2,1H3. The Bertz CT molecular complexity index is 742. The summed E-state index contributed by atoms with van der Waals surface area (Å²) >= 11 is 1.56. The minimum absolute atomic E-state index is 0.0479. The molecule has 1 heterocycles. The van der Waals surface area contributed by atoms with Crippen LogP contribution in [-0.2, 0) is 15.8 Å². The van der Waals surface area contributed by atoms with Crippen molar-refractivity contribution in [2.45, 2.75) is 18.6 Å². The zero-order valence-corrected chi connectivity index (χ0v) is 13.6. The van der Waals surface area contributed by atoms with Gasteiger partial charge in [0.05, 0.1) is 10.7 Å². The zero-order chi connectivity index (χ0) is 16.2. The molecule has 0 aliphatic carbocycles. The topological polar surface area (TPSA) is 89.3 Å². The first-order chi connectivity index (χ1) is 10.4. The summed E-state index contributed by atoms with van der Waals surface area (Å²) in [7, 11) is -3.63. The van der Waals surface area contributed by atoms with Crippen LogP contribution in [0, 0.1) is 10.1 Å². The maximum absolute atomic E-state index is 12.1. The second-order valence-corrected chi connectivity index (χ2v) is 7.54. The molecule has 0 spiro atoms. The molecule has 6 nitrogen and oxygen atoms in total. The van der Waals surface area contributed by atoms with Crippen LogP contribution in [-0.4, -0.2) is 19.9 Å². The predicted octanol–water partition coefficient (Wildman–Crippen LogP) is 2.88. The van der Waals surface area contributed by atoms with E-state index in [4.69, 9.17) is 0 Å². The van der Waals surface area contributed by atoms with E-state index in [9.17, 15) is 18.5 Å². The summed E-state index contributed by atoms with van der Waals surface area (Å²) in [5.41, 5.74) is 1.07. The molecule has 1 aromatic heterocycles. The maximum atomic E-state index is 12.1. The van der Waals surface area contributed by atoms with E-state index in [2.05, 4.69) is 4.72 Å². The van der Waals surface area contributed by atoms with Gasteiger partial charge in [-0.15, -0.1) is 0 Å². The molecule has 1 unspecified atom stereocenters. The Morgan fingerprint density at radius 3 is 2.68 bits per heavy atom. The van der Waals surface area contributed by atoms with Crippen molar-refractivity contribution in [2.75, 3.05) is 6.54 Å². The van der Waals surface area contributed by atoms with Gasteiger partial charge in [-0.05, 0) is 28.3 Å². The molecule has 1 aromatic carbocycles. The highest BCUT2D eigenvalue weighted by Crippen LogP contribution is 2.21. The van der Waals surface area contributed by atoms with Crippen LogP contribution < -0.4 is 4.72 Å². The highest BCUT2D eigenvalue weighted by atomic mass is 32.2. The van der Waals surface area contributed by atoms with E-state index in [0.717, 1.165) is 5.56 Å². The lowest BCUT2D eigenvalue weighted by molar-refractivity contribution is -0.385. The van der Waals surface area contributed by atoms with Crippen LogP contribution in [0.5, 0.6) is 0 Å². The summed E-state index contributed by atoms with van der Waals surface area (Å²) in [6, 6.07) is 7.82. The lowest BCUT2D eigenvalue weighted by atomic mass is 10.1. The Kier molecular flexibility index (Phi) is 5.28. The third-order valence-electron chi connectivity index (χ3n) is 3.26. The highest BCUT2D eigenvalue weighted by Gasteiger charge is 2.20. The number of nitro groups is 1. The summed E-state index contributed by atoms with van der Waals surface area (Å²) < 4.78 is 26.8. The molecule has 1 atom stereocenters. The van der Waals surface area contributed by atoms with Crippen LogP contribution in [0.25, 0.3) is 0 Å². The van der Waals surface area contributed by atoms with Crippen LogP contribution in [0.4, 0.5) is 5.69 Å². The molecule has 2 aromatic rings. The summed E-state index contributed by atoms with van der Waals surface area (Å²) in [6.07, 6.45) is 0. The molecule has 22 heavy (non-hydrogen) atoms. The van der Waals surface area contributed by atoms with Crippen molar-refractivity contribution in [2.24, 2.45) is 0 Å². The van der Waals surface area contributed by atoms with Gasteiger partial charge in [0, 0.05) is 18.2 Å². The van der Waals surface area contributed by atoms with Crippen LogP contribution in [0.1, 0.15) is 24.0 Å². The van der Waals surface area contributed by atoms with Crippen molar-refractivity contribution in [1.82, 2.24) is 4.72 Å². The number of thiophene rings is 1. The number of nitrogens with one attached hydrogen (secondary N) is 1. The van der Waals surface area contributed by atoms with Crippen LogP contribution in [0.2, 0.25) is 0 Å². The summed E-state index contributed by atoms with van der Waals surface area (Å²) in [4.78, 5) is 10.4. The monoisotopic (exact) mass is 340 g/mol. The predicted molar refractivity (Wildman–Crippen MR) is 86.5 cm³/mol. The Hall–Kier alpha value is -1.77. The van der Waals surface area contributed by atoms with Crippen molar-refractivity contribution in [3.63, 3.8) is 0 Å². The number of nitrogens with zero attached hydrogens (tertiary/aromatic N) is 1. The fourth-order valence-electron chi connectivity index (χ4n) is 1.99. The number of hydrogen-bond acceptors (Lipinski definition) is 5. The molecular formula is C14H16N2O4S2. The lowest BCUT2D eigenvalue weighted by Gasteiger charge is -2.12. The number of nitro benzene ring substituents is 1. The SMILES string of the molecule is CC(CNS(=O)(=O)Cc1ccccc1[N+](=O)[O-])c1ccsc1. The molecule has 0 amide bonds. The van der Waals surface area contributed by atoms with Crippen molar-refractivity contribution >= 4 is 27.0 Å². The minimum Gasteiger partial charge on any atom is -0.258 e. The minimum atomic E-state index is -3.63. The Morgan fingerprint density at radius 2 is 2.05 bits per heavy atom. The van der Waals surface area contributed by atoms with Crippen LogP contribution in [0.3, 0.4) is 0 Å². The van der Waals surface area contributed by atoms with Gasteiger partial charge in [-0.25, -0.2) is 13.1 Å². The van der Waals surface area contributed by atoms with Crippen molar-refractivity contribution in [3.05, 3.63) is 62.3 Å². The number of benzene rings is 1. The van der Waals surface area contributed by atoms with Gasteiger partial charge in [-0.3, -0.25) is 10.1 Å². The smallest absolute Gasteiger partial charge is 0.258 e. The van der Waals surface area contributed by atoms with Crippen molar-refractivity contribution < 1.29 is 13.3 Å². The van der Waals surface area contributed by atoms with E-state index in [1.807, 2.05) is 23.8 Å². The van der Waals surface area contributed by atoms with E-state index in [1.165, 1.54) is 18.2 Å². The molecule has 0 aliphatic rings. The number of sulfonamides is 1. The average Bonchev–Trinajstić information content (AvgIpc) is 2.99. The Balaban J connectivity index is 2.04. The number of rotatable bonds is 7. The lowest BCUT2D eigenvalue weighted by Crippen LogP contribution is -2.29. The molecule has 2 rings (SSSR count). The van der Waals surface area contributed by atoms with E-state index >= 15 is 0 Å². The molecule has 118 valence electrons. The fourth-order valence-corrected chi connectivity index (χ4v) is 4.03. The molecule has 0 saturated carbocycles. The summed E-state index contributed by atoms with van der Waals surface area (Å²) in [6.45, 7) is 2.19. The Morgan fingerprint density at radius 1 is 1.32 bits per heavy atom. The fraction of sp³-hybridized carbons (Fsp3) is 0.286. The molecular weight excluding hydrogens is 324 g/mol. The molecule has 0 saturated heterocycles. The third-order valence-corrected chi connectivity index (χ3v) is 5.25. The first-order valence-electron chi connectivity index (χ1n) is 6.61. The zero-order valence-electron chi connectivity index (χ0n) is 11.9. The van der Waals surface area contributed by atoms with E-state index < -0.39 is 20.7 Å². The molecule has 8 heteroatoms. The van der Waals surface area contributed by atoms with Crippen LogP contribution in [0.15, 0.2) is 41.1 Å². The van der Waals surface area contributed by atoms with Gasteiger partial charge in [0.2, 0.25) is 10.0 Å². The van der Waals surface area contributed by atoms with E-state index in [-0.39, 0.29) is 23.7 Å². The molecule has 0 aliphatic heterocycles. The third kappa shape index (κ3) is 4.36. The number of para-hydroxylation sites is 1. The maximum Gasteiger partial charge on any atom is 0.273 e. The van der Waals surface area contributed by atoms with Gasteiger partial charge in [-0.1, -0.05) is 25.1 Å². The highest BCUT2D eigenvalue weighted by molar-refractivity contribution is 7.88. The Labute approximate surface area is 133 Å². The van der Waals surface area contributed by atoms with Gasteiger partial charge in [-0.2, -0.15) is 11.3 Å². The molecule has 1 N–H and O–H groups in total. The first-order valence-corrected chi connectivity index (χ1v) is 9.20.